The van der Waals surface area contributed by atoms with Crippen molar-refractivity contribution in [3.63, 3.8) is 0 Å². The average Bonchev–Trinajstić information content (AvgIpc) is 2.67. The summed E-state index contributed by atoms with van der Waals surface area (Å²) in [6.07, 6.45) is 0.420. The Kier molecular flexibility index (Phi) is 5.28. The fraction of sp³-hybridized carbons (Fsp3) is 0.286. The summed E-state index contributed by atoms with van der Waals surface area (Å²) in [6.45, 7) is 4.10. The van der Waals surface area contributed by atoms with Crippen molar-refractivity contribution < 1.29 is 14.3 Å². The van der Waals surface area contributed by atoms with E-state index in [0.29, 0.717) is 35.9 Å². The van der Waals surface area contributed by atoms with Crippen LogP contribution in [0.2, 0.25) is 0 Å². The highest BCUT2D eigenvalue weighted by molar-refractivity contribution is 5.98. The number of carbonyl (C=O) groups is 1. The minimum absolute atomic E-state index is 0.0542. The molecular formula is C21H22N2O3. The Labute approximate surface area is 153 Å². The van der Waals surface area contributed by atoms with Gasteiger partial charge in [-0.1, -0.05) is 25.1 Å². The van der Waals surface area contributed by atoms with E-state index in [9.17, 15) is 4.79 Å². The monoisotopic (exact) mass is 350 g/mol. The molecule has 2 aromatic heterocycles. The Balaban J connectivity index is 2.27. The Hall–Kier alpha value is -2.79. The van der Waals surface area contributed by atoms with E-state index in [0.717, 1.165) is 22.0 Å². The Morgan fingerprint density at radius 2 is 1.88 bits per heavy atom. The molecule has 5 heteroatoms. The zero-order chi connectivity index (χ0) is 18.7. The molecule has 1 aromatic carbocycles. The van der Waals surface area contributed by atoms with E-state index in [1.54, 1.807) is 20.3 Å². The number of fused-ring (bicyclic) bond motifs is 1. The number of rotatable bonds is 6. The maximum absolute atomic E-state index is 12.4. The lowest BCUT2D eigenvalue weighted by Gasteiger charge is -2.14. The molecule has 26 heavy (non-hydrogen) atoms. The maximum Gasteiger partial charge on any atom is 0.217 e. The highest BCUT2D eigenvalue weighted by Gasteiger charge is 2.18. The van der Waals surface area contributed by atoms with Crippen molar-refractivity contribution in [3.8, 4) is 17.3 Å². The highest BCUT2D eigenvalue weighted by Crippen LogP contribution is 2.30. The Morgan fingerprint density at radius 1 is 1.12 bits per heavy atom. The molecule has 0 aliphatic rings. The Bertz CT molecular complexity index is 967. The van der Waals surface area contributed by atoms with Crippen LogP contribution in [0.25, 0.3) is 22.3 Å². The third-order valence-corrected chi connectivity index (χ3v) is 4.39. The van der Waals surface area contributed by atoms with E-state index < -0.39 is 0 Å². The molecule has 0 spiro atoms. The summed E-state index contributed by atoms with van der Waals surface area (Å²) in [4.78, 5) is 21.8. The highest BCUT2D eigenvalue weighted by atomic mass is 16.5. The first-order valence-electron chi connectivity index (χ1n) is 8.55. The van der Waals surface area contributed by atoms with Crippen molar-refractivity contribution in [1.29, 1.82) is 0 Å². The van der Waals surface area contributed by atoms with Gasteiger partial charge in [0.05, 0.1) is 30.6 Å². The second-order valence-electron chi connectivity index (χ2n) is 6.09. The van der Waals surface area contributed by atoms with Gasteiger partial charge in [-0.15, -0.1) is 0 Å². The predicted molar refractivity (Wildman–Crippen MR) is 102 cm³/mol. The van der Waals surface area contributed by atoms with Gasteiger partial charge < -0.3 is 9.47 Å². The third-order valence-electron chi connectivity index (χ3n) is 4.39. The summed E-state index contributed by atoms with van der Waals surface area (Å²) in [6, 6.07) is 11.8. The minimum atomic E-state index is 0.0542. The van der Waals surface area contributed by atoms with Gasteiger partial charge >= 0.3 is 0 Å². The standard InChI is InChI=1S/C21H22N2O3/c1-5-19(24)16-11-18(23-21(26-4)13(16)2)20-15(12-25-3)10-14-8-6-7-9-17(14)22-20/h6-11H,5,12H2,1-4H3. The number of Topliss-reactive ketones (excluding diaryl/α,β-unsaturated/α-hetero) is 1. The topological polar surface area (TPSA) is 61.3 Å². The van der Waals surface area contributed by atoms with E-state index in [2.05, 4.69) is 11.1 Å². The summed E-state index contributed by atoms with van der Waals surface area (Å²) in [5, 5.41) is 1.03. The molecule has 0 saturated heterocycles. The lowest BCUT2D eigenvalue weighted by Crippen LogP contribution is -2.06. The predicted octanol–water partition coefficient (Wildman–Crippen LogP) is 4.35. The van der Waals surface area contributed by atoms with Gasteiger partial charge in [-0.2, -0.15) is 0 Å². The molecule has 134 valence electrons. The van der Waals surface area contributed by atoms with Gasteiger partial charge in [0.25, 0.3) is 0 Å². The number of benzene rings is 1. The van der Waals surface area contributed by atoms with E-state index in [1.807, 2.05) is 38.1 Å². The lowest BCUT2D eigenvalue weighted by atomic mass is 10.0. The fourth-order valence-electron chi connectivity index (χ4n) is 3.03. The van der Waals surface area contributed by atoms with Gasteiger partial charge in [-0.3, -0.25) is 4.79 Å². The molecule has 5 nitrogen and oxygen atoms in total. The maximum atomic E-state index is 12.4. The molecule has 0 amide bonds. The number of ether oxygens (including phenoxy) is 2. The van der Waals surface area contributed by atoms with Crippen LogP contribution in [0.5, 0.6) is 5.88 Å². The average molecular weight is 350 g/mol. The fourth-order valence-corrected chi connectivity index (χ4v) is 3.03. The number of carbonyl (C=O) groups excluding carboxylic acids is 1. The first-order chi connectivity index (χ1) is 12.6. The minimum Gasteiger partial charge on any atom is -0.481 e. The van der Waals surface area contributed by atoms with Gasteiger partial charge in [0.2, 0.25) is 5.88 Å². The van der Waals surface area contributed by atoms with Gasteiger partial charge in [0, 0.05) is 35.6 Å². The second-order valence-corrected chi connectivity index (χ2v) is 6.09. The van der Waals surface area contributed by atoms with Crippen LogP contribution in [-0.2, 0) is 11.3 Å². The molecule has 0 bridgehead atoms. The summed E-state index contributed by atoms with van der Waals surface area (Å²) in [7, 11) is 3.21. The van der Waals surface area contributed by atoms with E-state index >= 15 is 0 Å². The molecule has 0 aliphatic carbocycles. The van der Waals surface area contributed by atoms with Gasteiger partial charge in [-0.05, 0) is 25.1 Å². The number of hydrogen-bond donors (Lipinski definition) is 0. The molecular weight excluding hydrogens is 328 g/mol. The number of aromatic nitrogens is 2. The molecule has 0 fully saturated rings. The molecule has 2 heterocycles. The van der Waals surface area contributed by atoms with E-state index in [1.165, 1.54) is 0 Å². The van der Waals surface area contributed by atoms with Gasteiger partial charge in [0.1, 0.15) is 0 Å². The van der Waals surface area contributed by atoms with Crippen LogP contribution in [0.4, 0.5) is 0 Å². The molecule has 0 N–H and O–H groups in total. The smallest absolute Gasteiger partial charge is 0.217 e. The van der Waals surface area contributed by atoms with E-state index in [4.69, 9.17) is 14.5 Å². The van der Waals surface area contributed by atoms with Gasteiger partial charge in [0.15, 0.2) is 5.78 Å². The van der Waals surface area contributed by atoms with Crippen molar-refractivity contribution in [2.24, 2.45) is 0 Å². The van der Waals surface area contributed by atoms with E-state index in [-0.39, 0.29) is 5.78 Å². The van der Waals surface area contributed by atoms with Crippen LogP contribution < -0.4 is 4.74 Å². The molecule has 0 radical (unpaired) electrons. The quantitative estimate of drug-likeness (QED) is 0.618. The molecule has 3 aromatic rings. The number of nitrogens with zero attached hydrogens (tertiary/aromatic N) is 2. The van der Waals surface area contributed by atoms with Crippen LogP contribution in [0.1, 0.15) is 34.8 Å². The van der Waals surface area contributed by atoms with Crippen molar-refractivity contribution in [2.45, 2.75) is 26.9 Å². The Morgan fingerprint density at radius 3 is 2.58 bits per heavy atom. The van der Waals surface area contributed by atoms with Crippen molar-refractivity contribution >= 4 is 16.7 Å². The molecule has 0 saturated carbocycles. The number of hydrogen-bond acceptors (Lipinski definition) is 5. The molecule has 0 atom stereocenters. The number of methoxy groups -OCH3 is 2. The number of para-hydroxylation sites is 1. The van der Waals surface area contributed by atoms with Gasteiger partial charge in [-0.25, -0.2) is 9.97 Å². The number of pyridine rings is 2. The van der Waals surface area contributed by atoms with Crippen LogP contribution in [0, 0.1) is 6.92 Å². The number of ketones is 1. The third kappa shape index (κ3) is 3.30. The summed E-state index contributed by atoms with van der Waals surface area (Å²) >= 11 is 0. The summed E-state index contributed by atoms with van der Waals surface area (Å²) in [5.74, 6) is 0.496. The molecule has 3 rings (SSSR count). The van der Waals surface area contributed by atoms with Crippen LogP contribution in [0.15, 0.2) is 36.4 Å². The first kappa shape index (κ1) is 18.0. The molecule has 0 unspecified atom stereocenters. The zero-order valence-corrected chi connectivity index (χ0v) is 15.5. The normalized spacial score (nSPS) is 10.9. The molecule has 0 aliphatic heterocycles. The summed E-state index contributed by atoms with van der Waals surface area (Å²) < 4.78 is 10.8. The van der Waals surface area contributed by atoms with Crippen molar-refractivity contribution in [2.75, 3.05) is 14.2 Å². The van der Waals surface area contributed by atoms with Crippen molar-refractivity contribution in [1.82, 2.24) is 9.97 Å². The van der Waals surface area contributed by atoms with Crippen LogP contribution >= 0.6 is 0 Å². The van der Waals surface area contributed by atoms with Crippen molar-refractivity contribution in [3.05, 3.63) is 53.1 Å². The first-order valence-corrected chi connectivity index (χ1v) is 8.55. The zero-order valence-electron chi connectivity index (χ0n) is 15.5. The summed E-state index contributed by atoms with van der Waals surface area (Å²) in [5.41, 5.74) is 4.47. The van der Waals surface area contributed by atoms with Crippen LogP contribution in [0.3, 0.4) is 0 Å². The van der Waals surface area contributed by atoms with Crippen LogP contribution in [-0.4, -0.2) is 30.0 Å². The lowest BCUT2D eigenvalue weighted by molar-refractivity contribution is 0.0987. The second kappa shape index (κ2) is 7.62. The largest absolute Gasteiger partial charge is 0.481 e. The SMILES string of the molecule is CCC(=O)c1cc(-c2nc3ccccc3cc2COC)nc(OC)c1C.